The molecule has 0 saturated heterocycles. The summed E-state index contributed by atoms with van der Waals surface area (Å²) in [4.78, 5) is 12.1. The van der Waals surface area contributed by atoms with Crippen LogP contribution in [0.3, 0.4) is 0 Å². The topological polar surface area (TPSA) is 20.3 Å². The van der Waals surface area contributed by atoms with E-state index in [9.17, 15) is 4.79 Å². The van der Waals surface area contributed by atoms with Gasteiger partial charge in [0.1, 0.15) is 0 Å². The number of rotatable bonds is 1. The Morgan fingerprint density at radius 3 is 2.33 bits per heavy atom. The van der Waals surface area contributed by atoms with Crippen LogP contribution in [0.1, 0.15) is 19.3 Å². The molecule has 2 nitrogen and oxygen atoms in total. The number of nitrogens with zero attached hydrogens (tertiary/aromatic N) is 1. The van der Waals surface area contributed by atoms with Gasteiger partial charge in [-0.25, -0.2) is 0 Å². The molecule has 1 saturated carbocycles. The molecule has 0 aliphatic heterocycles. The summed E-state index contributed by atoms with van der Waals surface area (Å²) in [6.45, 7) is 0. The molecular weight excluding hydrogens is 138 g/mol. The summed E-state index contributed by atoms with van der Waals surface area (Å²) in [7, 11) is 1.75. The van der Waals surface area contributed by atoms with Gasteiger partial charge in [-0.15, -0.1) is 0 Å². The second-order valence-electron chi connectivity index (χ2n) is 2.45. The van der Waals surface area contributed by atoms with Gasteiger partial charge in [-0.2, -0.15) is 0 Å². The van der Waals surface area contributed by atoms with Crippen molar-refractivity contribution in [3.63, 3.8) is 0 Å². The molecule has 0 unspecified atom stereocenters. The van der Waals surface area contributed by atoms with Crippen molar-refractivity contribution in [1.82, 2.24) is 4.90 Å². The van der Waals surface area contributed by atoms with Gasteiger partial charge in [-0.1, -0.05) is 0 Å². The highest BCUT2D eigenvalue weighted by atomic mass is 35.5. The van der Waals surface area contributed by atoms with Crippen LogP contribution in [0.4, 0.5) is 4.79 Å². The van der Waals surface area contributed by atoms with E-state index in [0.29, 0.717) is 6.04 Å². The monoisotopic (exact) mass is 147 g/mol. The van der Waals surface area contributed by atoms with E-state index in [2.05, 4.69) is 0 Å². The summed E-state index contributed by atoms with van der Waals surface area (Å²) in [6.07, 6.45) is 3.48. The van der Waals surface area contributed by atoms with E-state index in [1.165, 1.54) is 6.42 Å². The average molecular weight is 148 g/mol. The molecule has 1 fully saturated rings. The second kappa shape index (κ2) is 2.56. The molecule has 52 valence electrons. The Morgan fingerprint density at radius 2 is 2.22 bits per heavy atom. The first-order valence-electron chi connectivity index (χ1n) is 3.14. The second-order valence-corrected chi connectivity index (χ2v) is 2.77. The fraction of sp³-hybridized carbons (Fsp3) is 0.833. The molecule has 0 aromatic heterocycles. The Labute approximate surface area is 59.8 Å². The lowest BCUT2D eigenvalue weighted by molar-refractivity contribution is 0.178. The first-order valence-corrected chi connectivity index (χ1v) is 3.52. The molecular formula is C6H10ClNO. The Kier molecular flexibility index (Phi) is 1.96. The van der Waals surface area contributed by atoms with E-state index in [-0.39, 0.29) is 5.37 Å². The minimum absolute atomic E-state index is 0.334. The van der Waals surface area contributed by atoms with Gasteiger partial charge in [-0.05, 0) is 30.9 Å². The largest absolute Gasteiger partial charge is 0.329 e. The van der Waals surface area contributed by atoms with Crippen molar-refractivity contribution < 1.29 is 4.79 Å². The predicted octanol–water partition coefficient (Wildman–Crippen LogP) is 1.83. The molecule has 1 amide bonds. The van der Waals surface area contributed by atoms with Crippen molar-refractivity contribution >= 4 is 17.0 Å². The van der Waals surface area contributed by atoms with Crippen LogP contribution < -0.4 is 0 Å². The maximum Gasteiger partial charge on any atom is 0.316 e. The number of halogens is 1. The van der Waals surface area contributed by atoms with Gasteiger partial charge in [0, 0.05) is 13.1 Å². The van der Waals surface area contributed by atoms with Crippen LogP contribution in [0, 0.1) is 0 Å². The van der Waals surface area contributed by atoms with E-state index in [1.54, 1.807) is 11.9 Å². The summed E-state index contributed by atoms with van der Waals surface area (Å²) in [5.74, 6) is 0. The molecule has 1 rings (SSSR count). The van der Waals surface area contributed by atoms with Crippen LogP contribution in [0.5, 0.6) is 0 Å². The summed E-state index contributed by atoms with van der Waals surface area (Å²) in [6, 6.07) is 0.426. The van der Waals surface area contributed by atoms with Crippen molar-refractivity contribution in [2.45, 2.75) is 25.3 Å². The van der Waals surface area contributed by atoms with E-state index < -0.39 is 0 Å². The van der Waals surface area contributed by atoms with Gasteiger partial charge in [0.15, 0.2) is 0 Å². The standard InChI is InChI=1S/C6H10ClNO/c1-8(6(7)9)5-3-2-4-5/h5H,2-4H2,1H3. The fourth-order valence-electron chi connectivity index (χ4n) is 0.918. The van der Waals surface area contributed by atoms with Crippen molar-refractivity contribution in [2.24, 2.45) is 0 Å². The zero-order valence-electron chi connectivity index (χ0n) is 5.43. The Hall–Kier alpha value is -0.240. The number of hydrogen-bond acceptors (Lipinski definition) is 1. The van der Waals surface area contributed by atoms with Crippen molar-refractivity contribution in [3.8, 4) is 0 Å². The molecule has 0 radical (unpaired) electrons. The molecule has 3 heteroatoms. The molecule has 9 heavy (non-hydrogen) atoms. The first-order chi connectivity index (χ1) is 4.22. The maximum atomic E-state index is 10.5. The minimum atomic E-state index is -0.334. The normalized spacial score (nSPS) is 18.9. The van der Waals surface area contributed by atoms with E-state index in [0.717, 1.165) is 12.8 Å². The lowest BCUT2D eigenvalue weighted by Crippen LogP contribution is -2.38. The Balaban J connectivity index is 2.32. The van der Waals surface area contributed by atoms with E-state index >= 15 is 0 Å². The van der Waals surface area contributed by atoms with E-state index in [1.807, 2.05) is 0 Å². The summed E-state index contributed by atoms with van der Waals surface area (Å²) in [5.41, 5.74) is 0. The fourth-order valence-corrected chi connectivity index (χ4v) is 1.06. The average Bonchev–Trinajstić information content (AvgIpc) is 1.60. The molecule has 0 atom stereocenters. The van der Waals surface area contributed by atoms with Gasteiger partial charge in [0.05, 0.1) is 0 Å². The van der Waals surface area contributed by atoms with Crippen LogP contribution >= 0.6 is 11.6 Å². The van der Waals surface area contributed by atoms with Crippen LogP contribution in [-0.4, -0.2) is 23.4 Å². The third-order valence-electron chi connectivity index (χ3n) is 1.90. The number of hydrogen-bond donors (Lipinski definition) is 0. The molecule has 0 N–H and O–H groups in total. The quantitative estimate of drug-likeness (QED) is 0.409. The van der Waals surface area contributed by atoms with Crippen LogP contribution in [0.25, 0.3) is 0 Å². The highest BCUT2D eigenvalue weighted by Gasteiger charge is 2.24. The number of carbonyl (C=O) groups excluding carboxylic acids is 1. The first kappa shape index (κ1) is 6.87. The van der Waals surface area contributed by atoms with Crippen LogP contribution in [0.15, 0.2) is 0 Å². The van der Waals surface area contributed by atoms with Gasteiger partial charge in [0.25, 0.3) is 0 Å². The van der Waals surface area contributed by atoms with Gasteiger partial charge < -0.3 is 4.90 Å². The van der Waals surface area contributed by atoms with Gasteiger partial charge >= 0.3 is 5.37 Å². The molecule has 1 aliphatic carbocycles. The van der Waals surface area contributed by atoms with Crippen molar-refractivity contribution in [3.05, 3.63) is 0 Å². The predicted molar refractivity (Wildman–Crippen MR) is 36.7 cm³/mol. The number of carbonyl (C=O) groups is 1. The molecule has 0 bridgehead atoms. The van der Waals surface area contributed by atoms with Crippen molar-refractivity contribution in [1.29, 1.82) is 0 Å². The maximum absolute atomic E-state index is 10.5. The Morgan fingerprint density at radius 1 is 1.67 bits per heavy atom. The number of amides is 1. The lowest BCUT2D eigenvalue weighted by Gasteiger charge is -2.32. The summed E-state index contributed by atoms with van der Waals surface area (Å²) >= 11 is 5.22. The molecule has 0 aromatic carbocycles. The Bertz CT molecular complexity index is 122. The van der Waals surface area contributed by atoms with Gasteiger partial charge in [0.2, 0.25) is 0 Å². The highest BCUT2D eigenvalue weighted by Crippen LogP contribution is 2.24. The zero-order chi connectivity index (χ0) is 6.85. The molecule has 0 spiro atoms. The minimum Gasteiger partial charge on any atom is -0.329 e. The molecule has 0 heterocycles. The van der Waals surface area contributed by atoms with Gasteiger partial charge in [-0.3, -0.25) is 4.79 Å². The van der Waals surface area contributed by atoms with E-state index in [4.69, 9.17) is 11.6 Å². The smallest absolute Gasteiger partial charge is 0.316 e. The van der Waals surface area contributed by atoms with Crippen LogP contribution in [0.2, 0.25) is 0 Å². The van der Waals surface area contributed by atoms with Crippen LogP contribution in [-0.2, 0) is 0 Å². The molecule has 1 aliphatic rings. The summed E-state index contributed by atoms with van der Waals surface area (Å²) < 4.78 is 0. The highest BCUT2D eigenvalue weighted by molar-refractivity contribution is 6.62. The SMILES string of the molecule is CN(C(=O)Cl)C1CCC1. The summed E-state index contributed by atoms with van der Waals surface area (Å²) in [5, 5.41) is -0.334. The zero-order valence-corrected chi connectivity index (χ0v) is 6.19. The van der Waals surface area contributed by atoms with Crippen molar-refractivity contribution in [2.75, 3.05) is 7.05 Å². The molecule has 0 aromatic rings. The third kappa shape index (κ3) is 1.36. The third-order valence-corrected chi connectivity index (χ3v) is 2.17. The lowest BCUT2D eigenvalue weighted by atomic mass is 9.92.